The van der Waals surface area contributed by atoms with Crippen LogP contribution in [0.25, 0.3) is 0 Å². The van der Waals surface area contributed by atoms with Crippen LogP contribution in [0.5, 0.6) is 5.75 Å². The Morgan fingerprint density at radius 2 is 2.00 bits per heavy atom. The zero-order chi connectivity index (χ0) is 19.5. The fraction of sp³-hybridized carbons (Fsp3) is 0.316. The van der Waals surface area contributed by atoms with Crippen molar-refractivity contribution < 1.29 is 14.4 Å². The summed E-state index contributed by atoms with van der Waals surface area (Å²) in [6, 6.07) is 14.1. The van der Waals surface area contributed by atoms with Gasteiger partial charge in [0.25, 0.3) is 5.69 Å². The Hall–Kier alpha value is -3.13. The summed E-state index contributed by atoms with van der Waals surface area (Å²) in [5, 5.41) is 17.2. The van der Waals surface area contributed by atoms with Crippen LogP contribution in [0.3, 0.4) is 0 Å². The van der Waals surface area contributed by atoms with E-state index in [-0.39, 0.29) is 5.69 Å². The van der Waals surface area contributed by atoms with Crippen molar-refractivity contribution in [1.29, 1.82) is 0 Å². The quantitative estimate of drug-likeness (QED) is 0.231. The van der Waals surface area contributed by atoms with Gasteiger partial charge in [-0.05, 0) is 17.7 Å². The van der Waals surface area contributed by atoms with Crippen molar-refractivity contribution in [3.8, 4) is 5.75 Å². The minimum absolute atomic E-state index is 0.0653. The van der Waals surface area contributed by atoms with Crippen LogP contribution in [0.4, 0.5) is 11.4 Å². The number of hydrogen-bond donors (Lipinski definition) is 2. The van der Waals surface area contributed by atoms with Crippen molar-refractivity contribution in [2.75, 3.05) is 32.7 Å². The van der Waals surface area contributed by atoms with Crippen molar-refractivity contribution in [1.82, 2.24) is 5.32 Å². The first kappa shape index (κ1) is 20.2. The fourth-order valence-corrected chi connectivity index (χ4v) is 2.34. The summed E-state index contributed by atoms with van der Waals surface area (Å²) < 4.78 is 10.7. The van der Waals surface area contributed by atoms with Gasteiger partial charge in [-0.25, -0.2) is 0 Å². The topological polar surface area (TPSA) is 98.0 Å². The summed E-state index contributed by atoms with van der Waals surface area (Å²) in [4.78, 5) is 14.6. The van der Waals surface area contributed by atoms with E-state index in [4.69, 9.17) is 9.47 Å². The number of benzene rings is 2. The zero-order valence-corrected chi connectivity index (χ0v) is 15.5. The van der Waals surface area contributed by atoms with Crippen LogP contribution in [0, 0.1) is 10.1 Å². The molecule has 0 saturated carbocycles. The average Bonchev–Trinajstić information content (AvgIpc) is 2.69. The maximum atomic E-state index is 10.9. The standard InChI is InChI=1S/C19H24N4O4/c1-20-19(21-14-15-6-3-8-17(12-15)23(24)25)22-16-7-4-9-18(13-16)27-11-5-10-26-2/h3-4,6-9,12-13H,5,10-11,14H2,1-2H3,(H2,20,21,22). The van der Waals surface area contributed by atoms with Gasteiger partial charge in [0.1, 0.15) is 5.75 Å². The molecule has 0 fully saturated rings. The molecule has 2 aromatic rings. The second kappa shape index (κ2) is 10.8. The van der Waals surface area contributed by atoms with Gasteiger partial charge in [-0.2, -0.15) is 0 Å². The monoisotopic (exact) mass is 372 g/mol. The normalized spacial score (nSPS) is 11.1. The molecule has 0 spiro atoms. The smallest absolute Gasteiger partial charge is 0.269 e. The van der Waals surface area contributed by atoms with Gasteiger partial charge < -0.3 is 20.1 Å². The zero-order valence-electron chi connectivity index (χ0n) is 15.5. The predicted octanol–water partition coefficient (Wildman–Crippen LogP) is 3.20. The van der Waals surface area contributed by atoms with E-state index >= 15 is 0 Å². The lowest BCUT2D eigenvalue weighted by molar-refractivity contribution is -0.384. The van der Waals surface area contributed by atoms with Gasteiger partial charge in [0.2, 0.25) is 0 Å². The highest BCUT2D eigenvalue weighted by Crippen LogP contribution is 2.18. The van der Waals surface area contributed by atoms with Crippen molar-refractivity contribution in [3.63, 3.8) is 0 Å². The van der Waals surface area contributed by atoms with Crippen LogP contribution in [0.1, 0.15) is 12.0 Å². The molecule has 2 N–H and O–H groups in total. The van der Waals surface area contributed by atoms with Gasteiger partial charge in [-0.15, -0.1) is 0 Å². The van der Waals surface area contributed by atoms with Crippen molar-refractivity contribution in [3.05, 3.63) is 64.2 Å². The number of nitro groups is 1. The molecule has 0 aliphatic carbocycles. The van der Waals surface area contributed by atoms with Crippen LogP contribution in [-0.4, -0.2) is 38.3 Å². The Balaban J connectivity index is 1.91. The summed E-state index contributed by atoms with van der Waals surface area (Å²) in [6.07, 6.45) is 0.820. The van der Waals surface area contributed by atoms with E-state index in [1.54, 1.807) is 20.2 Å². The molecule has 2 aromatic carbocycles. The molecule has 0 atom stereocenters. The van der Waals surface area contributed by atoms with Crippen LogP contribution in [0.15, 0.2) is 53.5 Å². The molecule has 0 bridgehead atoms. The van der Waals surface area contributed by atoms with Gasteiger partial charge >= 0.3 is 0 Å². The lowest BCUT2D eigenvalue weighted by Crippen LogP contribution is -2.30. The third-order valence-electron chi connectivity index (χ3n) is 3.66. The predicted molar refractivity (Wildman–Crippen MR) is 105 cm³/mol. The molecular weight excluding hydrogens is 348 g/mol. The van der Waals surface area contributed by atoms with Crippen molar-refractivity contribution in [2.24, 2.45) is 4.99 Å². The van der Waals surface area contributed by atoms with E-state index in [2.05, 4.69) is 15.6 Å². The fourth-order valence-electron chi connectivity index (χ4n) is 2.34. The minimum atomic E-state index is -0.408. The second-order valence-corrected chi connectivity index (χ2v) is 5.70. The lowest BCUT2D eigenvalue weighted by Gasteiger charge is -2.13. The Kier molecular flexibility index (Phi) is 8.05. The van der Waals surface area contributed by atoms with Gasteiger partial charge in [-0.3, -0.25) is 15.1 Å². The van der Waals surface area contributed by atoms with Crippen LogP contribution >= 0.6 is 0 Å². The van der Waals surface area contributed by atoms with Crippen LogP contribution in [-0.2, 0) is 11.3 Å². The highest BCUT2D eigenvalue weighted by Gasteiger charge is 2.06. The SMILES string of the molecule is CN=C(NCc1cccc([N+](=O)[O-])c1)Nc1cccc(OCCCOC)c1. The first-order valence-corrected chi connectivity index (χ1v) is 8.55. The first-order valence-electron chi connectivity index (χ1n) is 8.55. The number of ether oxygens (including phenoxy) is 2. The number of nitrogens with one attached hydrogen (secondary N) is 2. The molecule has 0 amide bonds. The summed E-state index contributed by atoms with van der Waals surface area (Å²) in [7, 11) is 3.32. The number of nitro benzene ring substituents is 1. The largest absolute Gasteiger partial charge is 0.493 e. The Morgan fingerprint density at radius 3 is 2.74 bits per heavy atom. The number of rotatable bonds is 9. The number of anilines is 1. The summed E-state index contributed by atoms with van der Waals surface area (Å²) in [6.45, 7) is 1.65. The van der Waals surface area contributed by atoms with E-state index < -0.39 is 4.92 Å². The van der Waals surface area contributed by atoms with Gasteiger partial charge in [0.05, 0.1) is 11.5 Å². The summed E-state index contributed by atoms with van der Waals surface area (Å²) in [5.74, 6) is 1.31. The molecule has 0 aliphatic heterocycles. The van der Waals surface area contributed by atoms with Crippen LogP contribution in [0.2, 0.25) is 0 Å². The van der Waals surface area contributed by atoms with Gasteiger partial charge in [0.15, 0.2) is 5.96 Å². The maximum Gasteiger partial charge on any atom is 0.269 e. The molecule has 144 valence electrons. The number of nitrogens with zero attached hydrogens (tertiary/aromatic N) is 2. The highest BCUT2D eigenvalue weighted by atomic mass is 16.6. The van der Waals surface area contributed by atoms with Crippen molar-refractivity contribution >= 4 is 17.3 Å². The summed E-state index contributed by atoms with van der Waals surface area (Å²) >= 11 is 0. The Labute approximate surface area is 158 Å². The molecule has 0 aliphatic rings. The number of aliphatic imine (C=N–C) groups is 1. The minimum Gasteiger partial charge on any atom is -0.493 e. The van der Waals surface area contributed by atoms with E-state index in [0.29, 0.717) is 25.7 Å². The van der Waals surface area contributed by atoms with E-state index in [0.717, 1.165) is 23.4 Å². The summed E-state index contributed by atoms with van der Waals surface area (Å²) in [5.41, 5.74) is 1.68. The molecule has 0 radical (unpaired) electrons. The average molecular weight is 372 g/mol. The molecule has 27 heavy (non-hydrogen) atoms. The molecule has 0 unspecified atom stereocenters. The van der Waals surface area contributed by atoms with Crippen molar-refractivity contribution in [2.45, 2.75) is 13.0 Å². The Bertz CT molecular complexity index is 780. The molecule has 0 aromatic heterocycles. The molecule has 0 saturated heterocycles. The number of hydrogen-bond acceptors (Lipinski definition) is 5. The second-order valence-electron chi connectivity index (χ2n) is 5.70. The number of non-ortho nitro benzene ring substituents is 1. The highest BCUT2D eigenvalue weighted by molar-refractivity contribution is 5.93. The van der Waals surface area contributed by atoms with Gasteiger partial charge in [0, 0.05) is 57.6 Å². The first-order chi connectivity index (χ1) is 13.1. The van der Waals surface area contributed by atoms with Gasteiger partial charge in [-0.1, -0.05) is 18.2 Å². The van der Waals surface area contributed by atoms with E-state index in [1.165, 1.54) is 12.1 Å². The number of methoxy groups -OCH3 is 1. The molecule has 0 heterocycles. The molecule has 8 heteroatoms. The van der Waals surface area contributed by atoms with E-state index in [1.807, 2.05) is 30.3 Å². The molecular formula is C19H24N4O4. The molecule has 8 nitrogen and oxygen atoms in total. The Morgan fingerprint density at radius 1 is 1.19 bits per heavy atom. The van der Waals surface area contributed by atoms with E-state index in [9.17, 15) is 10.1 Å². The third-order valence-corrected chi connectivity index (χ3v) is 3.66. The maximum absolute atomic E-state index is 10.9. The van der Waals surface area contributed by atoms with Crippen LogP contribution < -0.4 is 15.4 Å². The third kappa shape index (κ3) is 6.95. The molecule has 2 rings (SSSR count). The number of guanidine groups is 1. The lowest BCUT2D eigenvalue weighted by atomic mass is 10.2.